The molecule has 8 nitrogen and oxygen atoms in total. The molecule has 0 aromatic heterocycles. The third-order valence-electron chi connectivity index (χ3n) is 6.42. The highest BCUT2D eigenvalue weighted by Crippen LogP contribution is 2.34. The summed E-state index contributed by atoms with van der Waals surface area (Å²) in [6.07, 6.45) is 0.899. The standard InChI is InChI=1S/C26H34N4O4/c1-3-23-26(32)30(22-7-4-5-8-24(22)34-23)19-25(31)27-13-6-14-28-15-17-29(18-16-28)20-9-11-21(33-2)12-10-20/h4-5,7-12,23H,3,6,13-19H2,1-2H3,(H,27,31). The average molecular weight is 467 g/mol. The van der Waals surface area contributed by atoms with E-state index >= 15 is 0 Å². The van der Waals surface area contributed by atoms with Gasteiger partial charge in [0, 0.05) is 38.4 Å². The summed E-state index contributed by atoms with van der Waals surface area (Å²) in [7, 11) is 1.68. The molecule has 1 fully saturated rings. The number of para-hydroxylation sites is 2. The van der Waals surface area contributed by atoms with Crippen LogP contribution in [-0.2, 0) is 9.59 Å². The average Bonchev–Trinajstić information content (AvgIpc) is 2.88. The molecular formula is C26H34N4O4. The van der Waals surface area contributed by atoms with Gasteiger partial charge in [-0.05, 0) is 55.8 Å². The molecule has 2 aliphatic rings. The molecule has 0 saturated carbocycles. The molecule has 4 rings (SSSR count). The molecular weight excluding hydrogens is 432 g/mol. The molecule has 0 bridgehead atoms. The SMILES string of the molecule is CCC1Oc2ccccc2N(CC(=O)NCCCN2CCN(c3ccc(OC)cc3)CC2)C1=O. The fraction of sp³-hybridized carbons (Fsp3) is 0.462. The van der Waals surface area contributed by atoms with Crippen LogP contribution in [-0.4, -0.2) is 75.7 Å². The number of anilines is 2. The molecule has 1 atom stereocenters. The molecule has 1 saturated heterocycles. The van der Waals surface area contributed by atoms with E-state index in [4.69, 9.17) is 9.47 Å². The first-order valence-electron chi connectivity index (χ1n) is 12.0. The van der Waals surface area contributed by atoms with E-state index < -0.39 is 6.10 Å². The Bertz CT molecular complexity index is 973. The van der Waals surface area contributed by atoms with E-state index in [1.807, 2.05) is 43.3 Å². The lowest BCUT2D eigenvalue weighted by Gasteiger charge is -2.36. The number of carbonyl (C=O) groups excluding carboxylic acids is 2. The summed E-state index contributed by atoms with van der Waals surface area (Å²) in [6, 6.07) is 15.6. The summed E-state index contributed by atoms with van der Waals surface area (Å²) in [5.41, 5.74) is 1.87. The number of methoxy groups -OCH3 is 1. The van der Waals surface area contributed by atoms with Crippen LogP contribution in [0.2, 0.25) is 0 Å². The van der Waals surface area contributed by atoms with Gasteiger partial charge in [0.15, 0.2) is 6.10 Å². The molecule has 1 N–H and O–H groups in total. The number of piperazine rings is 1. The molecule has 34 heavy (non-hydrogen) atoms. The second-order valence-electron chi connectivity index (χ2n) is 8.64. The van der Waals surface area contributed by atoms with Crippen molar-refractivity contribution in [1.29, 1.82) is 0 Å². The number of hydrogen-bond acceptors (Lipinski definition) is 6. The van der Waals surface area contributed by atoms with Crippen molar-refractivity contribution >= 4 is 23.2 Å². The molecule has 0 spiro atoms. The largest absolute Gasteiger partial charge is 0.497 e. The first-order chi connectivity index (χ1) is 16.6. The summed E-state index contributed by atoms with van der Waals surface area (Å²) < 4.78 is 11.0. The number of amides is 2. The number of nitrogens with one attached hydrogen (secondary N) is 1. The van der Waals surface area contributed by atoms with Crippen LogP contribution in [0, 0.1) is 0 Å². The zero-order chi connectivity index (χ0) is 23.9. The number of ether oxygens (including phenoxy) is 2. The Labute approximate surface area is 201 Å². The summed E-state index contributed by atoms with van der Waals surface area (Å²) >= 11 is 0. The molecule has 2 heterocycles. The van der Waals surface area contributed by atoms with E-state index in [9.17, 15) is 9.59 Å². The number of nitrogens with zero attached hydrogens (tertiary/aromatic N) is 3. The Hall–Kier alpha value is -3.26. The Morgan fingerprint density at radius 3 is 2.53 bits per heavy atom. The summed E-state index contributed by atoms with van der Waals surface area (Å²) in [5, 5.41) is 2.98. The predicted octanol–water partition coefficient (Wildman–Crippen LogP) is 2.53. The predicted molar refractivity (Wildman–Crippen MR) is 133 cm³/mol. The van der Waals surface area contributed by atoms with Crippen molar-refractivity contribution in [3.8, 4) is 11.5 Å². The molecule has 8 heteroatoms. The first kappa shape index (κ1) is 23.9. The minimum atomic E-state index is -0.542. The second kappa shape index (κ2) is 11.2. The van der Waals surface area contributed by atoms with Crippen LogP contribution in [0.25, 0.3) is 0 Å². The van der Waals surface area contributed by atoms with Gasteiger partial charge in [-0.15, -0.1) is 0 Å². The number of carbonyl (C=O) groups is 2. The van der Waals surface area contributed by atoms with E-state index in [2.05, 4.69) is 27.2 Å². The third-order valence-corrected chi connectivity index (χ3v) is 6.42. The van der Waals surface area contributed by atoms with Gasteiger partial charge >= 0.3 is 0 Å². The van der Waals surface area contributed by atoms with Gasteiger partial charge in [0.2, 0.25) is 5.91 Å². The molecule has 2 amide bonds. The third kappa shape index (κ3) is 5.62. The molecule has 0 aliphatic carbocycles. The van der Waals surface area contributed by atoms with E-state index in [1.54, 1.807) is 12.0 Å². The van der Waals surface area contributed by atoms with Crippen molar-refractivity contribution < 1.29 is 19.1 Å². The zero-order valence-corrected chi connectivity index (χ0v) is 20.0. The summed E-state index contributed by atoms with van der Waals surface area (Å²) in [4.78, 5) is 31.7. The number of fused-ring (bicyclic) bond motifs is 1. The van der Waals surface area contributed by atoms with Gasteiger partial charge in [0.05, 0.1) is 12.8 Å². The van der Waals surface area contributed by atoms with Gasteiger partial charge in [-0.1, -0.05) is 19.1 Å². The van der Waals surface area contributed by atoms with Crippen LogP contribution in [0.5, 0.6) is 11.5 Å². The van der Waals surface area contributed by atoms with Gasteiger partial charge < -0.3 is 19.7 Å². The van der Waals surface area contributed by atoms with E-state index in [1.165, 1.54) is 5.69 Å². The highest BCUT2D eigenvalue weighted by molar-refractivity contribution is 6.03. The zero-order valence-electron chi connectivity index (χ0n) is 20.0. The summed E-state index contributed by atoms with van der Waals surface area (Å²) in [6.45, 7) is 7.41. The minimum Gasteiger partial charge on any atom is -0.497 e. The number of rotatable bonds is 9. The topological polar surface area (TPSA) is 74.3 Å². The Kier molecular flexibility index (Phi) is 7.90. The Morgan fingerprint density at radius 2 is 1.82 bits per heavy atom. The smallest absolute Gasteiger partial charge is 0.268 e. The van der Waals surface area contributed by atoms with Gasteiger partial charge in [0.1, 0.15) is 18.0 Å². The van der Waals surface area contributed by atoms with Gasteiger partial charge in [0.25, 0.3) is 5.91 Å². The fourth-order valence-corrected chi connectivity index (χ4v) is 4.45. The van der Waals surface area contributed by atoms with Crippen molar-refractivity contribution in [2.75, 3.05) is 62.7 Å². The Balaban J connectivity index is 1.18. The minimum absolute atomic E-state index is 0.0102. The monoisotopic (exact) mass is 466 g/mol. The maximum Gasteiger partial charge on any atom is 0.268 e. The Morgan fingerprint density at radius 1 is 1.09 bits per heavy atom. The van der Waals surface area contributed by atoms with Crippen LogP contribution in [0.15, 0.2) is 48.5 Å². The molecule has 2 aromatic rings. The van der Waals surface area contributed by atoms with E-state index in [-0.39, 0.29) is 18.4 Å². The number of benzene rings is 2. The maximum absolute atomic E-state index is 12.8. The normalized spacial score (nSPS) is 18.3. The lowest BCUT2D eigenvalue weighted by Crippen LogP contribution is -2.50. The quantitative estimate of drug-likeness (QED) is 0.573. The first-order valence-corrected chi connectivity index (χ1v) is 12.0. The van der Waals surface area contributed by atoms with Gasteiger partial charge in [-0.3, -0.25) is 19.4 Å². The van der Waals surface area contributed by atoms with E-state index in [0.717, 1.165) is 44.9 Å². The molecule has 2 aliphatic heterocycles. The highest BCUT2D eigenvalue weighted by Gasteiger charge is 2.34. The van der Waals surface area contributed by atoms with Crippen molar-refractivity contribution in [3.05, 3.63) is 48.5 Å². The molecule has 2 aromatic carbocycles. The van der Waals surface area contributed by atoms with Crippen LogP contribution >= 0.6 is 0 Å². The lowest BCUT2D eigenvalue weighted by atomic mass is 10.1. The van der Waals surface area contributed by atoms with Crippen molar-refractivity contribution in [2.45, 2.75) is 25.9 Å². The van der Waals surface area contributed by atoms with Crippen molar-refractivity contribution in [1.82, 2.24) is 10.2 Å². The maximum atomic E-state index is 12.8. The second-order valence-corrected chi connectivity index (χ2v) is 8.64. The van der Waals surface area contributed by atoms with Crippen LogP contribution in [0.3, 0.4) is 0 Å². The molecule has 182 valence electrons. The van der Waals surface area contributed by atoms with Gasteiger partial charge in [-0.25, -0.2) is 0 Å². The van der Waals surface area contributed by atoms with Crippen molar-refractivity contribution in [3.63, 3.8) is 0 Å². The van der Waals surface area contributed by atoms with Crippen molar-refractivity contribution in [2.24, 2.45) is 0 Å². The fourth-order valence-electron chi connectivity index (χ4n) is 4.45. The highest BCUT2D eigenvalue weighted by atomic mass is 16.5. The van der Waals surface area contributed by atoms with Gasteiger partial charge in [-0.2, -0.15) is 0 Å². The lowest BCUT2D eigenvalue weighted by molar-refractivity contribution is -0.129. The summed E-state index contributed by atoms with van der Waals surface area (Å²) in [5.74, 6) is 1.21. The van der Waals surface area contributed by atoms with E-state index in [0.29, 0.717) is 24.4 Å². The molecule has 0 radical (unpaired) electrons. The van der Waals surface area contributed by atoms with Crippen LogP contribution in [0.4, 0.5) is 11.4 Å². The van der Waals surface area contributed by atoms with Crippen LogP contribution in [0.1, 0.15) is 19.8 Å². The van der Waals surface area contributed by atoms with Crippen LogP contribution < -0.4 is 24.6 Å². The number of hydrogen-bond donors (Lipinski definition) is 1. The molecule has 1 unspecified atom stereocenters.